The van der Waals surface area contributed by atoms with E-state index < -0.39 is 0 Å². The number of amidine groups is 1. The third kappa shape index (κ3) is 2.74. The fraction of sp³-hybridized carbons (Fsp3) is 0.0714. The van der Waals surface area contributed by atoms with Crippen molar-refractivity contribution < 1.29 is 10.0 Å². The van der Waals surface area contributed by atoms with E-state index in [9.17, 15) is 4.79 Å². The summed E-state index contributed by atoms with van der Waals surface area (Å²) in [5, 5.41) is 11.5. The highest BCUT2D eigenvalue weighted by Gasteiger charge is 2.13. The van der Waals surface area contributed by atoms with Gasteiger partial charge in [-0.2, -0.15) is 0 Å². The molecule has 6 nitrogen and oxygen atoms in total. The Hall–Kier alpha value is -2.89. The van der Waals surface area contributed by atoms with Crippen LogP contribution in [0.1, 0.15) is 15.9 Å². The number of hydrogen-bond acceptors (Lipinski definition) is 4. The highest BCUT2D eigenvalue weighted by molar-refractivity contribution is 6.06. The van der Waals surface area contributed by atoms with Crippen LogP contribution in [-0.4, -0.2) is 29.0 Å². The number of anilines is 1. The fourth-order valence-electron chi connectivity index (χ4n) is 1.70. The Morgan fingerprint density at radius 2 is 1.90 bits per heavy atom. The van der Waals surface area contributed by atoms with Crippen LogP contribution in [0.2, 0.25) is 0 Å². The molecule has 6 heteroatoms. The zero-order chi connectivity index (χ0) is 14.5. The van der Waals surface area contributed by atoms with Gasteiger partial charge in [0.05, 0.1) is 11.9 Å². The van der Waals surface area contributed by atoms with E-state index in [1.807, 2.05) is 0 Å². The Kier molecular flexibility index (Phi) is 3.95. The number of nitrogens with zero attached hydrogens (tertiary/aromatic N) is 3. The number of pyridine rings is 1. The lowest BCUT2D eigenvalue weighted by atomic mass is 10.1. The Labute approximate surface area is 116 Å². The van der Waals surface area contributed by atoms with Crippen molar-refractivity contribution in [1.29, 1.82) is 0 Å². The van der Waals surface area contributed by atoms with Gasteiger partial charge in [-0.15, -0.1) is 0 Å². The lowest BCUT2D eigenvalue weighted by molar-refractivity contribution is 0.0993. The Balaban J connectivity index is 2.21. The molecule has 3 N–H and O–H groups in total. The quantitative estimate of drug-likeness (QED) is 0.382. The number of rotatable bonds is 3. The minimum Gasteiger partial charge on any atom is -0.409 e. The standard InChI is InChI=1S/C14H14N4O2/c1-18(12-3-2-8-16-9-12)14(19)11-6-4-10(5-7-11)13(15)17-20/h2-9,20H,1H3,(H2,15,17). The molecule has 1 heterocycles. The summed E-state index contributed by atoms with van der Waals surface area (Å²) in [6.07, 6.45) is 3.26. The number of hydrogen-bond donors (Lipinski definition) is 2. The van der Waals surface area contributed by atoms with Gasteiger partial charge in [0.2, 0.25) is 0 Å². The van der Waals surface area contributed by atoms with Gasteiger partial charge in [0.1, 0.15) is 0 Å². The van der Waals surface area contributed by atoms with Crippen molar-refractivity contribution in [2.75, 3.05) is 11.9 Å². The van der Waals surface area contributed by atoms with E-state index >= 15 is 0 Å². The molecule has 0 radical (unpaired) electrons. The molecule has 1 aromatic heterocycles. The number of oxime groups is 1. The lowest BCUT2D eigenvalue weighted by Crippen LogP contribution is -2.26. The van der Waals surface area contributed by atoms with Crippen LogP contribution in [0.4, 0.5) is 5.69 Å². The van der Waals surface area contributed by atoms with Crippen molar-refractivity contribution in [3.05, 3.63) is 59.9 Å². The van der Waals surface area contributed by atoms with Gasteiger partial charge in [-0.1, -0.05) is 17.3 Å². The summed E-state index contributed by atoms with van der Waals surface area (Å²) < 4.78 is 0. The van der Waals surface area contributed by atoms with Gasteiger partial charge in [-0.25, -0.2) is 0 Å². The number of benzene rings is 1. The monoisotopic (exact) mass is 270 g/mol. The molecule has 0 unspecified atom stereocenters. The van der Waals surface area contributed by atoms with Gasteiger partial charge in [-0.05, 0) is 24.3 Å². The average molecular weight is 270 g/mol. The number of nitrogens with two attached hydrogens (primary N) is 1. The molecule has 0 aliphatic rings. The predicted molar refractivity (Wildman–Crippen MR) is 75.9 cm³/mol. The van der Waals surface area contributed by atoms with Gasteiger partial charge in [-0.3, -0.25) is 9.78 Å². The molecular formula is C14H14N4O2. The van der Waals surface area contributed by atoms with Crippen LogP contribution in [0.3, 0.4) is 0 Å². The van der Waals surface area contributed by atoms with Crippen LogP contribution >= 0.6 is 0 Å². The van der Waals surface area contributed by atoms with E-state index in [-0.39, 0.29) is 11.7 Å². The molecule has 1 amide bonds. The highest BCUT2D eigenvalue weighted by Crippen LogP contribution is 2.14. The predicted octanol–water partition coefficient (Wildman–Crippen LogP) is 1.45. The van der Waals surface area contributed by atoms with Crippen molar-refractivity contribution >= 4 is 17.4 Å². The third-order valence-corrected chi connectivity index (χ3v) is 2.87. The summed E-state index contributed by atoms with van der Waals surface area (Å²) in [7, 11) is 1.68. The SMILES string of the molecule is CN(C(=O)c1ccc(C(N)=NO)cc1)c1cccnc1. The Morgan fingerprint density at radius 3 is 2.45 bits per heavy atom. The molecule has 0 saturated heterocycles. The van der Waals surface area contributed by atoms with E-state index in [1.54, 1.807) is 55.8 Å². The van der Waals surface area contributed by atoms with Crippen molar-refractivity contribution in [3.8, 4) is 0 Å². The third-order valence-electron chi connectivity index (χ3n) is 2.87. The molecule has 0 fully saturated rings. The van der Waals surface area contributed by atoms with Gasteiger partial charge in [0, 0.05) is 24.4 Å². The van der Waals surface area contributed by atoms with Crippen LogP contribution in [0.15, 0.2) is 53.9 Å². The molecule has 2 aromatic rings. The minimum absolute atomic E-state index is 0.00427. The van der Waals surface area contributed by atoms with E-state index in [4.69, 9.17) is 10.9 Å². The summed E-state index contributed by atoms with van der Waals surface area (Å²) in [6, 6.07) is 10.1. The average Bonchev–Trinajstić information content (AvgIpc) is 2.53. The zero-order valence-electron chi connectivity index (χ0n) is 10.9. The van der Waals surface area contributed by atoms with E-state index in [1.165, 1.54) is 4.90 Å². The molecule has 0 saturated carbocycles. The largest absolute Gasteiger partial charge is 0.409 e. The number of amides is 1. The number of carbonyl (C=O) groups excluding carboxylic acids is 1. The summed E-state index contributed by atoms with van der Waals surface area (Å²) in [6.45, 7) is 0. The second kappa shape index (κ2) is 5.83. The van der Waals surface area contributed by atoms with Crippen molar-refractivity contribution in [3.63, 3.8) is 0 Å². The van der Waals surface area contributed by atoms with E-state index in [2.05, 4.69) is 10.1 Å². The molecule has 0 aliphatic carbocycles. The van der Waals surface area contributed by atoms with Gasteiger partial charge in [0.15, 0.2) is 5.84 Å². The first-order valence-corrected chi connectivity index (χ1v) is 5.89. The molecule has 1 aromatic carbocycles. The molecule has 20 heavy (non-hydrogen) atoms. The van der Waals surface area contributed by atoms with Crippen LogP contribution in [-0.2, 0) is 0 Å². The first-order valence-electron chi connectivity index (χ1n) is 5.89. The summed E-state index contributed by atoms with van der Waals surface area (Å²) >= 11 is 0. The van der Waals surface area contributed by atoms with Crippen LogP contribution in [0.5, 0.6) is 0 Å². The molecule has 0 spiro atoms. The number of carbonyl (C=O) groups is 1. The molecule has 0 bridgehead atoms. The summed E-state index contributed by atoms with van der Waals surface area (Å²) in [5.41, 5.74) is 7.23. The molecule has 2 rings (SSSR count). The van der Waals surface area contributed by atoms with Crippen molar-refractivity contribution in [2.45, 2.75) is 0 Å². The summed E-state index contributed by atoms with van der Waals surface area (Å²) in [5.74, 6) is -0.159. The second-order valence-electron chi connectivity index (χ2n) is 4.14. The summed E-state index contributed by atoms with van der Waals surface area (Å²) in [4.78, 5) is 17.8. The maximum Gasteiger partial charge on any atom is 0.258 e. The smallest absolute Gasteiger partial charge is 0.258 e. The normalized spacial score (nSPS) is 11.2. The van der Waals surface area contributed by atoms with Crippen LogP contribution in [0.25, 0.3) is 0 Å². The van der Waals surface area contributed by atoms with Gasteiger partial charge < -0.3 is 15.8 Å². The first-order chi connectivity index (χ1) is 9.63. The van der Waals surface area contributed by atoms with E-state index in [0.29, 0.717) is 16.8 Å². The van der Waals surface area contributed by atoms with Crippen LogP contribution < -0.4 is 10.6 Å². The number of aromatic nitrogens is 1. The lowest BCUT2D eigenvalue weighted by Gasteiger charge is -2.16. The topological polar surface area (TPSA) is 91.8 Å². The molecule has 102 valence electrons. The Bertz CT molecular complexity index is 623. The molecule has 0 aliphatic heterocycles. The maximum absolute atomic E-state index is 12.3. The Morgan fingerprint density at radius 1 is 1.25 bits per heavy atom. The van der Waals surface area contributed by atoms with Gasteiger partial charge >= 0.3 is 0 Å². The molecule has 0 atom stereocenters. The van der Waals surface area contributed by atoms with E-state index in [0.717, 1.165) is 0 Å². The zero-order valence-corrected chi connectivity index (χ0v) is 10.9. The van der Waals surface area contributed by atoms with Crippen molar-refractivity contribution in [2.24, 2.45) is 10.9 Å². The van der Waals surface area contributed by atoms with Crippen molar-refractivity contribution in [1.82, 2.24) is 4.98 Å². The molecular weight excluding hydrogens is 256 g/mol. The maximum atomic E-state index is 12.3. The fourth-order valence-corrected chi connectivity index (χ4v) is 1.70. The second-order valence-corrected chi connectivity index (χ2v) is 4.14. The van der Waals surface area contributed by atoms with Crippen LogP contribution in [0, 0.1) is 0 Å². The first kappa shape index (κ1) is 13.5. The highest BCUT2D eigenvalue weighted by atomic mass is 16.4. The minimum atomic E-state index is -0.163. The van der Waals surface area contributed by atoms with Gasteiger partial charge in [0.25, 0.3) is 5.91 Å².